The lowest BCUT2D eigenvalue weighted by Crippen LogP contribution is -2.59. The first kappa shape index (κ1) is 13.8. The van der Waals surface area contributed by atoms with Crippen molar-refractivity contribution in [2.45, 2.75) is 51.6 Å². The quantitative estimate of drug-likeness (QED) is 0.782. The summed E-state index contributed by atoms with van der Waals surface area (Å²) in [6, 6.07) is 0.422. The first-order valence-electron chi connectivity index (χ1n) is 7.12. The highest BCUT2D eigenvalue weighted by atomic mass is 16.4. The summed E-state index contributed by atoms with van der Waals surface area (Å²) in [4.78, 5) is 13.9. The number of nitrogens with one attached hydrogen (secondary N) is 1. The van der Waals surface area contributed by atoms with Crippen LogP contribution in [-0.4, -0.2) is 47.2 Å². The maximum Gasteiger partial charge on any atom is 0.324 e. The largest absolute Gasteiger partial charge is 0.480 e. The van der Waals surface area contributed by atoms with Crippen LogP contribution in [0.15, 0.2) is 0 Å². The van der Waals surface area contributed by atoms with E-state index in [2.05, 4.69) is 24.1 Å². The van der Waals surface area contributed by atoms with Crippen molar-refractivity contribution in [2.24, 2.45) is 11.8 Å². The molecule has 3 unspecified atom stereocenters. The van der Waals surface area contributed by atoms with Gasteiger partial charge in [-0.3, -0.25) is 10.1 Å². The molecule has 1 aliphatic heterocycles. The molecule has 3 atom stereocenters. The van der Waals surface area contributed by atoms with Crippen molar-refractivity contribution in [3.05, 3.63) is 0 Å². The number of likely N-dealkylation sites (tertiary alicyclic amines) is 1. The smallest absolute Gasteiger partial charge is 0.324 e. The maximum absolute atomic E-state index is 11.5. The van der Waals surface area contributed by atoms with Gasteiger partial charge in [0.05, 0.1) is 0 Å². The fraction of sp³-hybridized carbons (Fsp3) is 0.929. The number of carboxylic acids is 1. The highest BCUT2D eigenvalue weighted by Crippen LogP contribution is 2.26. The summed E-state index contributed by atoms with van der Waals surface area (Å²) in [5, 5.41) is 12.8. The van der Waals surface area contributed by atoms with Gasteiger partial charge in [-0.15, -0.1) is 0 Å². The number of hydrogen-bond acceptors (Lipinski definition) is 3. The van der Waals surface area contributed by atoms with E-state index >= 15 is 0 Å². The molecule has 0 amide bonds. The van der Waals surface area contributed by atoms with Crippen molar-refractivity contribution in [1.82, 2.24) is 10.2 Å². The Morgan fingerprint density at radius 3 is 2.33 bits per heavy atom. The van der Waals surface area contributed by atoms with Gasteiger partial charge in [0.2, 0.25) is 0 Å². The Balaban J connectivity index is 1.96. The third-order valence-corrected chi connectivity index (χ3v) is 4.06. The summed E-state index contributed by atoms with van der Waals surface area (Å²) in [6.45, 7) is 9.02. The minimum Gasteiger partial charge on any atom is -0.480 e. The van der Waals surface area contributed by atoms with Gasteiger partial charge in [-0.25, -0.2) is 0 Å². The molecule has 2 rings (SSSR count). The number of aliphatic carboxylic acids is 1. The Kier molecular flexibility index (Phi) is 3.97. The van der Waals surface area contributed by atoms with Crippen LogP contribution in [0.4, 0.5) is 0 Å². The van der Waals surface area contributed by atoms with Gasteiger partial charge >= 0.3 is 5.97 Å². The van der Waals surface area contributed by atoms with Crippen molar-refractivity contribution >= 4 is 5.97 Å². The average Bonchev–Trinajstić information content (AvgIpc) is 2.99. The molecule has 1 saturated carbocycles. The summed E-state index contributed by atoms with van der Waals surface area (Å²) < 4.78 is 0. The molecule has 0 aromatic carbocycles. The van der Waals surface area contributed by atoms with E-state index in [1.165, 1.54) is 6.42 Å². The fourth-order valence-electron chi connectivity index (χ4n) is 3.22. The van der Waals surface area contributed by atoms with Crippen molar-refractivity contribution in [3.8, 4) is 0 Å². The Hall–Kier alpha value is -0.610. The molecule has 1 saturated heterocycles. The fourth-order valence-corrected chi connectivity index (χ4v) is 3.22. The van der Waals surface area contributed by atoms with E-state index in [-0.39, 0.29) is 0 Å². The third kappa shape index (κ3) is 3.45. The summed E-state index contributed by atoms with van der Waals surface area (Å²) in [5.74, 6) is 0.626. The van der Waals surface area contributed by atoms with Gasteiger partial charge < -0.3 is 10.0 Å². The highest BCUT2D eigenvalue weighted by molar-refractivity contribution is 5.78. The van der Waals surface area contributed by atoms with Crippen LogP contribution in [0.2, 0.25) is 0 Å². The second-order valence-electron chi connectivity index (χ2n) is 6.70. The molecule has 0 aromatic heterocycles. The van der Waals surface area contributed by atoms with Gasteiger partial charge in [0, 0.05) is 25.7 Å². The maximum atomic E-state index is 11.5. The van der Waals surface area contributed by atoms with E-state index in [4.69, 9.17) is 0 Å². The molecule has 1 aliphatic carbocycles. The lowest BCUT2D eigenvalue weighted by atomic mass is 9.90. The predicted molar refractivity (Wildman–Crippen MR) is 71.6 cm³/mol. The molecule has 1 heterocycles. The van der Waals surface area contributed by atoms with E-state index in [0.29, 0.717) is 24.4 Å². The summed E-state index contributed by atoms with van der Waals surface area (Å²) in [6.07, 6.45) is 3.50. The molecule has 0 spiro atoms. The average molecular weight is 254 g/mol. The summed E-state index contributed by atoms with van der Waals surface area (Å²) in [7, 11) is 0. The van der Waals surface area contributed by atoms with Gasteiger partial charge in [-0.05, 0) is 38.0 Å². The van der Waals surface area contributed by atoms with Crippen molar-refractivity contribution in [3.63, 3.8) is 0 Å². The lowest BCUT2D eigenvalue weighted by Gasteiger charge is -2.39. The first-order valence-corrected chi connectivity index (χ1v) is 7.12. The predicted octanol–water partition coefficient (Wildman–Crippen LogP) is 1.56. The molecule has 0 aromatic rings. The summed E-state index contributed by atoms with van der Waals surface area (Å²) >= 11 is 0. The molecule has 18 heavy (non-hydrogen) atoms. The van der Waals surface area contributed by atoms with Crippen LogP contribution in [0.3, 0.4) is 0 Å². The van der Waals surface area contributed by atoms with Crippen molar-refractivity contribution < 1.29 is 9.90 Å². The second-order valence-corrected chi connectivity index (χ2v) is 6.70. The minimum absolute atomic E-state index is 0.422. The second kappa shape index (κ2) is 5.17. The van der Waals surface area contributed by atoms with Gasteiger partial charge in [-0.1, -0.05) is 13.8 Å². The molecule has 104 valence electrons. The number of carboxylic acid groups (broad SMARTS) is 1. The van der Waals surface area contributed by atoms with Gasteiger partial charge in [0.1, 0.15) is 5.54 Å². The number of carbonyl (C=O) groups is 1. The van der Waals surface area contributed by atoms with Crippen molar-refractivity contribution in [1.29, 1.82) is 0 Å². The Bertz CT molecular complexity index is 307. The zero-order valence-electron chi connectivity index (χ0n) is 11.8. The molecule has 2 fully saturated rings. The molecule has 0 bridgehead atoms. The molecular formula is C14H26N2O2. The van der Waals surface area contributed by atoms with Crippen LogP contribution in [0.25, 0.3) is 0 Å². The Morgan fingerprint density at radius 1 is 1.33 bits per heavy atom. The zero-order valence-corrected chi connectivity index (χ0v) is 11.8. The normalized spacial score (nSPS) is 33.1. The minimum atomic E-state index is -0.794. The van der Waals surface area contributed by atoms with E-state index in [0.717, 1.165) is 25.9 Å². The first-order chi connectivity index (χ1) is 8.39. The van der Waals surface area contributed by atoms with Crippen LogP contribution >= 0.6 is 0 Å². The summed E-state index contributed by atoms with van der Waals surface area (Å²) in [5.41, 5.74) is -0.794. The van der Waals surface area contributed by atoms with Gasteiger partial charge in [-0.2, -0.15) is 0 Å². The lowest BCUT2D eigenvalue weighted by molar-refractivity contribution is -0.145. The van der Waals surface area contributed by atoms with Crippen LogP contribution in [0.1, 0.15) is 40.0 Å². The molecule has 2 N–H and O–H groups in total. The third-order valence-electron chi connectivity index (χ3n) is 4.06. The number of hydrogen-bond donors (Lipinski definition) is 2. The molecule has 4 nitrogen and oxygen atoms in total. The Morgan fingerprint density at radius 2 is 1.89 bits per heavy atom. The van der Waals surface area contributed by atoms with Crippen molar-refractivity contribution in [2.75, 3.05) is 19.6 Å². The standard InChI is InChI=1S/C14H26N2O2/c1-10-6-11(2)8-16(7-10)9-14(3,13(17)18)15-12-4-5-12/h10-12,15H,4-9H2,1-3H3,(H,17,18). The van der Waals surface area contributed by atoms with Crippen LogP contribution in [0.5, 0.6) is 0 Å². The van der Waals surface area contributed by atoms with E-state index in [9.17, 15) is 9.90 Å². The Labute approximate surface area is 110 Å². The van der Waals surface area contributed by atoms with Crippen LogP contribution in [0, 0.1) is 11.8 Å². The number of rotatable bonds is 5. The number of piperidine rings is 1. The monoisotopic (exact) mass is 254 g/mol. The molecule has 0 radical (unpaired) electrons. The molecule has 4 heteroatoms. The van der Waals surface area contributed by atoms with Crippen LogP contribution in [-0.2, 0) is 4.79 Å². The molecule has 2 aliphatic rings. The highest BCUT2D eigenvalue weighted by Gasteiger charge is 2.40. The number of nitrogens with zero attached hydrogens (tertiary/aromatic N) is 1. The SMILES string of the molecule is CC1CC(C)CN(CC(C)(NC2CC2)C(=O)O)C1. The topological polar surface area (TPSA) is 52.6 Å². The van der Waals surface area contributed by atoms with Crippen LogP contribution < -0.4 is 5.32 Å². The van der Waals surface area contributed by atoms with E-state index in [1.807, 2.05) is 6.92 Å². The van der Waals surface area contributed by atoms with Gasteiger partial charge in [0.15, 0.2) is 0 Å². The zero-order chi connectivity index (χ0) is 13.3. The van der Waals surface area contributed by atoms with E-state index in [1.54, 1.807) is 0 Å². The van der Waals surface area contributed by atoms with E-state index < -0.39 is 11.5 Å². The van der Waals surface area contributed by atoms with Gasteiger partial charge in [0.25, 0.3) is 0 Å². The molecular weight excluding hydrogens is 228 g/mol.